The molecule has 0 bridgehead atoms. The van der Waals surface area contributed by atoms with Gasteiger partial charge >= 0.3 is 0 Å². The van der Waals surface area contributed by atoms with Gasteiger partial charge in [-0.05, 0) is 12.1 Å². The van der Waals surface area contributed by atoms with Crippen molar-refractivity contribution in [3.8, 4) is 0 Å². The number of aromatic amines is 1. The van der Waals surface area contributed by atoms with Gasteiger partial charge in [-0.2, -0.15) is 20.5 Å². The van der Waals surface area contributed by atoms with Crippen LogP contribution in [0.5, 0.6) is 0 Å². The number of aryl methyl sites for hydroxylation is 1. The van der Waals surface area contributed by atoms with Crippen LogP contribution in [0.2, 0.25) is 0 Å². The van der Waals surface area contributed by atoms with Gasteiger partial charge in [0.15, 0.2) is 0 Å². The van der Waals surface area contributed by atoms with E-state index in [1.165, 1.54) is 6.20 Å². The number of carbonyl (C=O) groups excluding carboxylic acids is 1. The summed E-state index contributed by atoms with van der Waals surface area (Å²) in [6.07, 6.45) is 3.16. The third-order valence-corrected chi connectivity index (χ3v) is 2.56. The Morgan fingerprint density at radius 3 is 3.06 bits per heavy atom. The molecule has 2 aromatic heterocycles. The van der Waals surface area contributed by atoms with Gasteiger partial charge in [-0.3, -0.25) is 9.48 Å². The van der Waals surface area contributed by atoms with Gasteiger partial charge in [0, 0.05) is 13.2 Å². The van der Waals surface area contributed by atoms with E-state index < -0.39 is 0 Å². The van der Waals surface area contributed by atoms with E-state index in [2.05, 4.69) is 25.8 Å². The number of nitrogens with one attached hydrogen (secondary N) is 2. The summed E-state index contributed by atoms with van der Waals surface area (Å²) >= 11 is 0. The number of fused-ring (bicyclic) bond motifs is 1. The largest absolute Gasteiger partial charge is 0.320 e. The molecule has 0 spiro atoms. The maximum atomic E-state index is 12.0. The molecule has 0 aliphatic carbocycles. The van der Waals surface area contributed by atoms with Crippen LogP contribution in [0.1, 0.15) is 10.4 Å². The number of para-hydroxylation sites is 1. The lowest BCUT2D eigenvalue weighted by Crippen LogP contribution is -2.11. The number of nitrogens with zero attached hydrogens (tertiary/aromatic N) is 4. The highest BCUT2D eigenvalue weighted by molar-refractivity contribution is 6.07. The summed E-state index contributed by atoms with van der Waals surface area (Å²) in [6, 6.07) is 5.40. The van der Waals surface area contributed by atoms with Crippen LogP contribution in [-0.4, -0.2) is 31.1 Å². The number of benzene rings is 1. The lowest BCUT2D eigenvalue weighted by molar-refractivity contribution is 0.102. The van der Waals surface area contributed by atoms with Gasteiger partial charge in [0.2, 0.25) is 0 Å². The molecule has 1 aromatic carbocycles. The van der Waals surface area contributed by atoms with Gasteiger partial charge in [0.25, 0.3) is 5.91 Å². The number of hydrogen-bond donors (Lipinski definition) is 2. The smallest absolute Gasteiger partial charge is 0.258 e. The molecule has 18 heavy (non-hydrogen) atoms. The number of amides is 1. The van der Waals surface area contributed by atoms with Gasteiger partial charge in [0.1, 0.15) is 11.0 Å². The summed E-state index contributed by atoms with van der Waals surface area (Å²) in [5.41, 5.74) is 2.46. The first-order valence-corrected chi connectivity index (χ1v) is 5.33. The Balaban J connectivity index is 1.92. The second-order valence-corrected chi connectivity index (χ2v) is 3.85. The van der Waals surface area contributed by atoms with Crippen molar-refractivity contribution in [3.05, 3.63) is 36.2 Å². The van der Waals surface area contributed by atoms with E-state index in [1.807, 2.05) is 12.1 Å². The summed E-state index contributed by atoms with van der Waals surface area (Å²) < 4.78 is 1.57. The van der Waals surface area contributed by atoms with Gasteiger partial charge in [-0.15, -0.1) is 0 Å². The zero-order chi connectivity index (χ0) is 12.5. The van der Waals surface area contributed by atoms with Crippen molar-refractivity contribution < 1.29 is 4.79 Å². The predicted molar refractivity (Wildman–Crippen MR) is 65.0 cm³/mol. The van der Waals surface area contributed by atoms with Crippen molar-refractivity contribution in [1.82, 2.24) is 25.2 Å². The van der Waals surface area contributed by atoms with E-state index in [0.717, 1.165) is 0 Å². The van der Waals surface area contributed by atoms with E-state index in [9.17, 15) is 4.79 Å². The Kier molecular flexibility index (Phi) is 2.30. The molecule has 7 nitrogen and oxygen atoms in total. The number of anilines is 1. The topological polar surface area (TPSA) is 88.5 Å². The normalized spacial score (nSPS) is 10.7. The minimum absolute atomic E-state index is 0.224. The van der Waals surface area contributed by atoms with E-state index in [4.69, 9.17) is 0 Å². The Bertz CT molecular complexity index is 713. The first-order valence-electron chi connectivity index (χ1n) is 5.33. The fourth-order valence-corrected chi connectivity index (χ4v) is 1.70. The number of H-pyrrole nitrogens is 1. The summed E-state index contributed by atoms with van der Waals surface area (Å²) in [4.78, 5) is 12.0. The van der Waals surface area contributed by atoms with E-state index in [1.54, 1.807) is 24.0 Å². The Morgan fingerprint density at radius 1 is 1.39 bits per heavy atom. The maximum absolute atomic E-state index is 12.0. The van der Waals surface area contributed by atoms with Crippen molar-refractivity contribution in [3.63, 3.8) is 0 Å². The molecule has 2 N–H and O–H groups in total. The second kappa shape index (κ2) is 3.95. The number of rotatable bonds is 2. The van der Waals surface area contributed by atoms with Crippen molar-refractivity contribution in [2.45, 2.75) is 0 Å². The van der Waals surface area contributed by atoms with Crippen LogP contribution in [0.4, 0.5) is 5.69 Å². The molecule has 0 saturated heterocycles. The highest BCUT2D eigenvalue weighted by Gasteiger charge is 2.11. The summed E-state index contributed by atoms with van der Waals surface area (Å²) in [5, 5.41) is 17.2. The maximum Gasteiger partial charge on any atom is 0.258 e. The minimum Gasteiger partial charge on any atom is -0.320 e. The fourth-order valence-electron chi connectivity index (χ4n) is 1.70. The van der Waals surface area contributed by atoms with Crippen molar-refractivity contribution in [1.29, 1.82) is 0 Å². The Hall–Kier alpha value is -2.70. The van der Waals surface area contributed by atoms with Crippen molar-refractivity contribution in [2.24, 2.45) is 7.05 Å². The molecule has 0 saturated carbocycles. The fraction of sp³-hybridized carbons (Fsp3) is 0.0909. The molecule has 1 amide bonds. The lowest BCUT2D eigenvalue weighted by atomic mass is 10.2. The van der Waals surface area contributed by atoms with Crippen molar-refractivity contribution in [2.75, 3.05) is 5.32 Å². The van der Waals surface area contributed by atoms with E-state index >= 15 is 0 Å². The zero-order valence-electron chi connectivity index (χ0n) is 9.58. The molecular weight excluding hydrogens is 232 g/mol. The molecule has 0 aliphatic rings. The number of hydrogen-bond acceptors (Lipinski definition) is 4. The lowest BCUT2D eigenvalue weighted by Gasteiger charge is -2.03. The Labute approximate surface area is 102 Å². The van der Waals surface area contributed by atoms with Crippen LogP contribution in [-0.2, 0) is 7.05 Å². The molecule has 2 heterocycles. The molecule has 3 rings (SSSR count). The number of carbonyl (C=O) groups is 1. The summed E-state index contributed by atoms with van der Waals surface area (Å²) in [5.74, 6) is -0.224. The molecule has 0 atom stereocenters. The third kappa shape index (κ3) is 1.71. The van der Waals surface area contributed by atoms with Gasteiger partial charge in [0.05, 0.1) is 17.4 Å². The van der Waals surface area contributed by atoms with Gasteiger partial charge in [-0.25, -0.2) is 0 Å². The standard InChI is InChI=1S/C11H10N6O/c1-17-6-7(5-12-17)11(18)13-8-3-2-4-9-10(8)15-16-14-9/h2-6H,1H3,(H,13,18)(H,14,15,16). The molecule has 0 unspecified atom stereocenters. The Morgan fingerprint density at radius 2 is 2.28 bits per heavy atom. The van der Waals surface area contributed by atoms with Crippen LogP contribution in [0.3, 0.4) is 0 Å². The highest BCUT2D eigenvalue weighted by Crippen LogP contribution is 2.19. The molecule has 90 valence electrons. The van der Waals surface area contributed by atoms with E-state index in [0.29, 0.717) is 22.3 Å². The molecule has 7 heteroatoms. The third-order valence-electron chi connectivity index (χ3n) is 2.56. The molecule has 0 aliphatic heterocycles. The average molecular weight is 242 g/mol. The SMILES string of the molecule is Cn1cc(C(=O)Nc2cccc3n[nH]nc23)cn1. The van der Waals surface area contributed by atoms with E-state index in [-0.39, 0.29) is 5.91 Å². The molecular formula is C11H10N6O. The van der Waals surface area contributed by atoms with Crippen LogP contribution >= 0.6 is 0 Å². The zero-order valence-corrected chi connectivity index (χ0v) is 9.58. The minimum atomic E-state index is -0.224. The predicted octanol–water partition coefficient (Wildman–Crippen LogP) is 0.944. The molecule has 3 aromatic rings. The van der Waals surface area contributed by atoms with Gasteiger partial charge in [-0.1, -0.05) is 6.07 Å². The highest BCUT2D eigenvalue weighted by atomic mass is 16.1. The van der Waals surface area contributed by atoms with Crippen LogP contribution in [0.25, 0.3) is 11.0 Å². The average Bonchev–Trinajstić information content (AvgIpc) is 2.97. The second-order valence-electron chi connectivity index (χ2n) is 3.85. The first-order chi connectivity index (χ1) is 8.74. The van der Waals surface area contributed by atoms with Crippen LogP contribution in [0.15, 0.2) is 30.6 Å². The van der Waals surface area contributed by atoms with Crippen molar-refractivity contribution >= 4 is 22.6 Å². The van der Waals surface area contributed by atoms with Crippen LogP contribution in [0, 0.1) is 0 Å². The number of aromatic nitrogens is 5. The quantitative estimate of drug-likeness (QED) is 0.700. The summed E-state index contributed by atoms with van der Waals surface area (Å²) in [6.45, 7) is 0. The van der Waals surface area contributed by atoms with Gasteiger partial charge < -0.3 is 5.32 Å². The molecule has 0 fully saturated rings. The molecule has 0 radical (unpaired) electrons. The van der Waals surface area contributed by atoms with Crippen LogP contribution < -0.4 is 5.32 Å². The first kappa shape index (κ1) is 10.5. The summed E-state index contributed by atoms with van der Waals surface area (Å²) in [7, 11) is 1.76. The monoisotopic (exact) mass is 242 g/mol.